The largest absolute Gasteiger partial charge is 0.319 e. The zero-order chi connectivity index (χ0) is 13.1. The molecule has 1 rings (SSSR count). The van der Waals surface area contributed by atoms with Crippen LogP contribution in [0, 0.1) is 11.6 Å². The molecule has 17 heavy (non-hydrogen) atoms. The predicted molar refractivity (Wildman–Crippen MR) is 62.6 cm³/mol. The second-order valence-corrected chi connectivity index (χ2v) is 4.21. The molecule has 4 heteroatoms. The molecule has 0 unspecified atom stereocenters. The minimum absolute atomic E-state index is 0.0371. The predicted octanol–water partition coefficient (Wildman–Crippen LogP) is 2.59. The lowest BCUT2D eigenvalue weighted by molar-refractivity contribution is -0.123. The van der Waals surface area contributed by atoms with Crippen molar-refractivity contribution in [3.05, 3.63) is 35.4 Å². The normalized spacial score (nSPS) is 11.6. The molecule has 0 aromatic heterocycles. The van der Waals surface area contributed by atoms with Gasteiger partial charge in [0, 0.05) is 6.42 Å². The number of ketones is 1. The molecular formula is C13H17F2NO. The first-order chi connectivity index (χ1) is 7.92. The van der Waals surface area contributed by atoms with Crippen LogP contribution in [0.15, 0.2) is 18.2 Å². The summed E-state index contributed by atoms with van der Waals surface area (Å²) in [4.78, 5) is 12.0. The molecule has 2 N–H and O–H groups in total. The maximum Gasteiger partial charge on any atom is 0.159 e. The first-order valence-corrected chi connectivity index (χ1v) is 5.69. The summed E-state index contributed by atoms with van der Waals surface area (Å²) in [6.07, 6.45) is 1.10. The summed E-state index contributed by atoms with van der Waals surface area (Å²) in [5, 5.41) is 0. The fourth-order valence-corrected chi connectivity index (χ4v) is 1.66. The molecule has 2 nitrogen and oxygen atoms in total. The highest BCUT2D eigenvalue weighted by molar-refractivity contribution is 5.89. The quantitative estimate of drug-likeness (QED) is 0.861. The molecule has 1 aromatic rings. The SMILES string of the molecule is CCC(N)(CC)C(=O)Cc1ccc(F)c(F)c1. The van der Waals surface area contributed by atoms with Crippen LogP contribution in [0.25, 0.3) is 0 Å². The van der Waals surface area contributed by atoms with Crippen molar-refractivity contribution in [2.75, 3.05) is 0 Å². The average molecular weight is 241 g/mol. The molecule has 0 aliphatic carbocycles. The van der Waals surface area contributed by atoms with Gasteiger partial charge in [-0.25, -0.2) is 8.78 Å². The molecule has 1 aromatic carbocycles. The van der Waals surface area contributed by atoms with Gasteiger partial charge in [0.1, 0.15) is 0 Å². The van der Waals surface area contributed by atoms with Crippen LogP contribution in [0.1, 0.15) is 32.3 Å². The van der Waals surface area contributed by atoms with Gasteiger partial charge in [0.05, 0.1) is 5.54 Å². The smallest absolute Gasteiger partial charge is 0.159 e. The fourth-order valence-electron chi connectivity index (χ4n) is 1.66. The molecule has 0 radical (unpaired) electrons. The highest BCUT2D eigenvalue weighted by Gasteiger charge is 2.29. The van der Waals surface area contributed by atoms with Crippen LogP contribution in [0.2, 0.25) is 0 Å². The number of hydrogen-bond donors (Lipinski definition) is 1. The summed E-state index contributed by atoms with van der Waals surface area (Å²) >= 11 is 0. The summed E-state index contributed by atoms with van der Waals surface area (Å²) in [5.74, 6) is -1.99. The van der Waals surface area contributed by atoms with Gasteiger partial charge < -0.3 is 5.73 Å². The number of Topliss-reactive ketones (excluding diaryl/α,β-unsaturated/α-hetero) is 1. The van der Waals surface area contributed by atoms with Gasteiger partial charge in [-0.15, -0.1) is 0 Å². The molecule has 0 saturated heterocycles. The summed E-state index contributed by atoms with van der Waals surface area (Å²) in [6, 6.07) is 3.47. The van der Waals surface area contributed by atoms with Crippen molar-refractivity contribution in [3.63, 3.8) is 0 Å². The molecule has 0 amide bonds. The van der Waals surface area contributed by atoms with Crippen LogP contribution in [0.4, 0.5) is 8.78 Å². The molecule has 0 spiro atoms. The van der Waals surface area contributed by atoms with Gasteiger partial charge in [0.15, 0.2) is 17.4 Å². The van der Waals surface area contributed by atoms with E-state index in [1.54, 1.807) is 0 Å². The number of rotatable bonds is 5. The number of halogens is 2. The van der Waals surface area contributed by atoms with Crippen LogP contribution in [-0.2, 0) is 11.2 Å². The van der Waals surface area contributed by atoms with Crippen molar-refractivity contribution in [2.45, 2.75) is 38.6 Å². The van der Waals surface area contributed by atoms with E-state index >= 15 is 0 Å². The van der Waals surface area contributed by atoms with Gasteiger partial charge in [-0.05, 0) is 30.5 Å². The lowest BCUT2D eigenvalue weighted by Crippen LogP contribution is -2.47. The fraction of sp³-hybridized carbons (Fsp3) is 0.462. The van der Waals surface area contributed by atoms with E-state index in [0.29, 0.717) is 18.4 Å². The van der Waals surface area contributed by atoms with Gasteiger partial charge >= 0.3 is 0 Å². The van der Waals surface area contributed by atoms with Gasteiger partial charge in [0.2, 0.25) is 0 Å². The number of carbonyl (C=O) groups is 1. The van der Waals surface area contributed by atoms with E-state index in [4.69, 9.17) is 5.73 Å². The van der Waals surface area contributed by atoms with Crippen LogP contribution in [0.5, 0.6) is 0 Å². The number of hydrogen-bond acceptors (Lipinski definition) is 2. The van der Waals surface area contributed by atoms with Crippen molar-refractivity contribution >= 4 is 5.78 Å². The zero-order valence-corrected chi connectivity index (χ0v) is 10.1. The maximum absolute atomic E-state index is 13.0. The Bertz CT molecular complexity index is 414. The Kier molecular flexibility index (Phi) is 4.34. The molecule has 0 saturated carbocycles. The third-order valence-corrected chi connectivity index (χ3v) is 3.17. The molecule has 0 aliphatic heterocycles. The number of carbonyl (C=O) groups excluding carboxylic acids is 1. The Labute approximate surface area is 99.8 Å². The van der Waals surface area contributed by atoms with Crippen LogP contribution in [-0.4, -0.2) is 11.3 Å². The summed E-state index contributed by atoms with van der Waals surface area (Å²) < 4.78 is 25.7. The third kappa shape index (κ3) is 3.09. The second kappa shape index (κ2) is 5.36. The van der Waals surface area contributed by atoms with Crippen molar-refractivity contribution in [3.8, 4) is 0 Å². The topological polar surface area (TPSA) is 43.1 Å². The first-order valence-electron chi connectivity index (χ1n) is 5.69. The second-order valence-electron chi connectivity index (χ2n) is 4.21. The van der Waals surface area contributed by atoms with E-state index in [1.165, 1.54) is 6.07 Å². The van der Waals surface area contributed by atoms with E-state index in [1.807, 2.05) is 13.8 Å². The highest BCUT2D eigenvalue weighted by atomic mass is 19.2. The van der Waals surface area contributed by atoms with E-state index in [9.17, 15) is 13.6 Å². The average Bonchev–Trinajstić information content (AvgIpc) is 2.32. The molecule has 0 atom stereocenters. The van der Waals surface area contributed by atoms with Crippen LogP contribution in [0.3, 0.4) is 0 Å². The van der Waals surface area contributed by atoms with E-state index in [-0.39, 0.29) is 12.2 Å². The molecular weight excluding hydrogens is 224 g/mol. The maximum atomic E-state index is 13.0. The van der Waals surface area contributed by atoms with Gasteiger partial charge in [-0.1, -0.05) is 19.9 Å². The molecule has 0 bridgehead atoms. The van der Waals surface area contributed by atoms with Crippen LogP contribution >= 0.6 is 0 Å². The Balaban J connectivity index is 2.84. The van der Waals surface area contributed by atoms with Crippen molar-refractivity contribution in [1.29, 1.82) is 0 Å². The lowest BCUT2D eigenvalue weighted by atomic mass is 9.86. The summed E-state index contributed by atoms with van der Waals surface area (Å²) in [5.41, 5.74) is 5.52. The van der Waals surface area contributed by atoms with Crippen molar-refractivity contribution in [1.82, 2.24) is 0 Å². The van der Waals surface area contributed by atoms with Crippen molar-refractivity contribution in [2.24, 2.45) is 5.73 Å². The van der Waals surface area contributed by atoms with E-state index < -0.39 is 17.2 Å². The molecule has 94 valence electrons. The molecule has 0 fully saturated rings. The minimum atomic E-state index is -0.939. The Morgan fingerprint density at radius 2 is 1.82 bits per heavy atom. The van der Waals surface area contributed by atoms with Gasteiger partial charge in [0.25, 0.3) is 0 Å². The summed E-state index contributed by atoms with van der Waals surface area (Å²) in [7, 11) is 0. The first kappa shape index (κ1) is 13.8. The monoisotopic (exact) mass is 241 g/mol. The Morgan fingerprint density at radius 3 is 2.29 bits per heavy atom. The standard InChI is InChI=1S/C13H17F2NO/c1-3-13(16,4-2)12(17)8-9-5-6-10(14)11(15)7-9/h5-7H,3-4,8,16H2,1-2H3. The number of benzene rings is 1. The third-order valence-electron chi connectivity index (χ3n) is 3.17. The van der Waals surface area contributed by atoms with E-state index in [2.05, 4.69) is 0 Å². The van der Waals surface area contributed by atoms with Gasteiger partial charge in [-0.2, -0.15) is 0 Å². The number of nitrogens with two attached hydrogens (primary N) is 1. The Hall–Kier alpha value is -1.29. The van der Waals surface area contributed by atoms with Gasteiger partial charge in [-0.3, -0.25) is 4.79 Å². The summed E-state index contributed by atoms with van der Waals surface area (Å²) in [6.45, 7) is 3.68. The molecule has 0 aliphatic rings. The lowest BCUT2D eigenvalue weighted by Gasteiger charge is -2.24. The highest BCUT2D eigenvalue weighted by Crippen LogP contribution is 2.17. The zero-order valence-electron chi connectivity index (χ0n) is 10.1. The van der Waals surface area contributed by atoms with E-state index in [0.717, 1.165) is 12.1 Å². The Morgan fingerprint density at radius 1 is 1.24 bits per heavy atom. The minimum Gasteiger partial charge on any atom is -0.319 e. The molecule has 0 heterocycles. The van der Waals surface area contributed by atoms with Crippen LogP contribution < -0.4 is 5.73 Å². The van der Waals surface area contributed by atoms with Crippen molar-refractivity contribution < 1.29 is 13.6 Å².